The first-order valence-corrected chi connectivity index (χ1v) is 8.02. The number of nitrogens with zero attached hydrogens (tertiary/aromatic N) is 1. The lowest BCUT2D eigenvalue weighted by Gasteiger charge is -2.18. The predicted molar refractivity (Wildman–Crippen MR) is 89.5 cm³/mol. The highest BCUT2D eigenvalue weighted by Crippen LogP contribution is 2.39. The van der Waals surface area contributed by atoms with E-state index in [2.05, 4.69) is 6.92 Å². The number of aromatic nitrogens is 1. The first kappa shape index (κ1) is 16.2. The summed E-state index contributed by atoms with van der Waals surface area (Å²) in [5.41, 5.74) is 2.79. The summed E-state index contributed by atoms with van der Waals surface area (Å²) in [5, 5.41) is 0. The van der Waals surface area contributed by atoms with Crippen molar-refractivity contribution in [2.75, 3.05) is 7.11 Å². The van der Waals surface area contributed by atoms with Crippen LogP contribution in [0.1, 0.15) is 56.5 Å². The van der Waals surface area contributed by atoms with Gasteiger partial charge < -0.3 is 9.30 Å². The van der Waals surface area contributed by atoms with Gasteiger partial charge in [0.15, 0.2) is 0 Å². The predicted octanol–water partition coefficient (Wildman–Crippen LogP) is 3.43. The molecule has 0 atom stereocenters. The molecule has 0 bridgehead atoms. The van der Waals surface area contributed by atoms with Gasteiger partial charge in [0, 0.05) is 23.4 Å². The lowest BCUT2D eigenvalue weighted by molar-refractivity contribution is 0.0596. The first-order valence-electron chi connectivity index (χ1n) is 8.02. The van der Waals surface area contributed by atoms with E-state index in [1.807, 2.05) is 16.7 Å². The number of benzene rings is 1. The zero-order valence-corrected chi connectivity index (χ0v) is 14.0. The average molecular weight is 325 g/mol. The monoisotopic (exact) mass is 325 g/mol. The molecule has 0 N–H and O–H groups in total. The number of esters is 1. The van der Waals surface area contributed by atoms with Crippen molar-refractivity contribution in [3.05, 3.63) is 46.6 Å². The molecule has 0 radical (unpaired) electrons. The lowest BCUT2D eigenvalue weighted by atomic mass is 9.86. The fourth-order valence-corrected chi connectivity index (χ4v) is 3.31. The molecule has 3 rings (SSSR count). The number of unbranched alkanes of at least 4 members (excludes halogenated alkanes) is 1. The molecular formula is C19H19NO4. The van der Waals surface area contributed by atoms with Gasteiger partial charge in [-0.1, -0.05) is 37.6 Å². The van der Waals surface area contributed by atoms with E-state index in [-0.39, 0.29) is 11.1 Å². The highest BCUT2D eigenvalue weighted by molar-refractivity contribution is 6.53. The highest BCUT2D eigenvalue weighted by atomic mass is 16.5. The van der Waals surface area contributed by atoms with E-state index >= 15 is 0 Å². The average Bonchev–Trinajstić information content (AvgIpc) is 2.89. The number of fused-ring (bicyclic) bond motifs is 3. The van der Waals surface area contributed by atoms with E-state index in [4.69, 9.17) is 4.74 Å². The minimum atomic E-state index is -0.637. The summed E-state index contributed by atoms with van der Waals surface area (Å²) in [6.07, 6.45) is 1.89. The molecule has 1 heterocycles. The van der Waals surface area contributed by atoms with Gasteiger partial charge >= 0.3 is 5.97 Å². The third-order valence-corrected chi connectivity index (χ3v) is 4.51. The number of carbonyl (C=O) groups is 3. The third-order valence-electron chi connectivity index (χ3n) is 4.51. The summed E-state index contributed by atoms with van der Waals surface area (Å²) >= 11 is 0. The Morgan fingerprint density at radius 3 is 2.42 bits per heavy atom. The molecule has 0 amide bonds. The van der Waals surface area contributed by atoms with Gasteiger partial charge in [0.2, 0.25) is 11.6 Å². The summed E-state index contributed by atoms with van der Waals surface area (Å²) in [7, 11) is 1.28. The maximum atomic E-state index is 12.7. The number of ketones is 2. The molecule has 0 unspecified atom stereocenters. The second-order valence-corrected chi connectivity index (χ2v) is 5.88. The zero-order valence-electron chi connectivity index (χ0n) is 14.0. The molecule has 124 valence electrons. The van der Waals surface area contributed by atoms with Gasteiger partial charge in [-0.2, -0.15) is 0 Å². The Bertz CT molecular complexity index is 860. The molecule has 0 aliphatic heterocycles. The van der Waals surface area contributed by atoms with Crippen molar-refractivity contribution in [2.45, 2.75) is 33.2 Å². The lowest BCUT2D eigenvalue weighted by Crippen LogP contribution is -2.23. The Balaban J connectivity index is 2.38. The summed E-state index contributed by atoms with van der Waals surface area (Å²) in [6.45, 7) is 4.55. The van der Waals surface area contributed by atoms with E-state index in [1.165, 1.54) is 7.11 Å². The Morgan fingerprint density at radius 2 is 1.79 bits per heavy atom. The SMILES string of the molecule is CCCCn1c(C)c(C(=O)OC)c2c1-c1ccccc1C(=O)C2=O. The summed E-state index contributed by atoms with van der Waals surface area (Å²) in [5.74, 6) is -1.79. The van der Waals surface area contributed by atoms with E-state index in [1.54, 1.807) is 19.1 Å². The van der Waals surface area contributed by atoms with Crippen LogP contribution in [0.2, 0.25) is 0 Å². The van der Waals surface area contributed by atoms with Gasteiger partial charge in [-0.15, -0.1) is 0 Å². The van der Waals surface area contributed by atoms with Gasteiger partial charge in [0.1, 0.15) is 0 Å². The van der Waals surface area contributed by atoms with E-state index in [9.17, 15) is 14.4 Å². The number of rotatable bonds is 4. The van der Waals surface area contributed by atoms with Gasteiger partial charge in [-0.3, -0.25) is 9.59 Å². The second kappa shape index (κ2) is 6.07. The van der Waals surface area contributed by atoms with Crippen molar-refractivity contribution < 1.29 is 19.1 Å². The van der Waals surface area contributed by atoms with Crippen LogP contribution in [0.4, 0.5) is 0 Å². The molecule has 0 spiro atoms. The maximum Gasteiger partial charge on any atom is 0.340 e. The van der Waals surface area contributed by atoms with Crippen molar-refractivity contribution >= 4 is 17.5 Å². The number of methoxy groups -OCH3 is 1. The Kier molecular flexibility index (Phi) is 4.09. The Hall–Kier alpha value is -2.69. The fraction of sp³-hybridized carbons (Fsp3) is 0.316. The zero-order chi connectivity index (χ0) is 17.4. The van der Waals surface area contributed by atoms with E-state index < -0.39 is 17.5 Å². The normalized spacial score (nSPS) is 12.8. The number of hydrogen-bond acceptors (Lipinski definition) is 4. The maximum absolute atomic E-state index is 12.7. The number of carbonyl (C=O) groups excluding carboxylic acids is 3. The molecule has 1 aromatic carbocycles. The van der Waals surface area contributed by atoms with Crippen molar-refractivity contribution in [1.82, 2.24) is 4.57 Å². The highest BCUT2D eigenvalue weighted by Gasteiger charge is 2.38. The molecule has 5 nitrogen and oxygen atoms in total. The molecule has 1 aliphatic carbocycles. The van der Waals surface area contributed by atoms with Crippen LogP contribution in [-0.4, -0.2) is 29.2 Å². The topological polar surface area (TPSA) is 65.4 Å². The molecule has 5 heteroatoms. The first-order chi connectivity index (χ1) is 11.5. The summed E-state index contributed by atoms with van der Waals surface area (Å²) < 4.78 is 6.82. The summed E-state index contributed by atoms with van der Waals surface area (Å²) in [4.78, 5) is 37.4. The molecule has 1 aromatic heterocycles. The van der Waals surface area contributed by atoms with Crippen LogP contribution in [0.25, 0.3) is 11.3 Å². The quantitative estimate of drug-likeness (QED) is 0.638. The third kappa shape index (κ3) is 2.19. The molecular weight excluding hydrogens is 306 g/mol. The minimum absolute atomic E-state index is 0.180. The Morgan fingerprint density at radius 1 is 1.12 bits per heavy atom. The smallest absolute Gasteiger partial charge is 0.340 e. The van der Waals surface area contributed by atoms with Crippen molar-refractivity contribution in [3.63, 3.8) is 0 Å². The number of hydrogen-bond donors (Lipinski definition) is 0. The van der Waals surface area contributed by atoms with Crippen LogP contribution in [-0.2, 0) is 11.3 Å². The molecule has 0 fully saturated rings. The Labute approximate surface area is 140 Å². The van der Waals surface area contributed by atoms with Crippen molar-refractivity contribution in [1.29, 1.82) is 0 Å². The van der Waals surface area contributed by atoms with E-state index in [0.29, 0.717) is 29.1 Å². The van der Waals surface area contributed by atoms with E-state index in [0.717, 1.165) is 12.8 Å². The van der Waals surface area contributed by atoms with Crippen molar-refractivity contribution in [2.24, 2.45) is 0 Å². The largest absolute Gasteiger partial charge is 0.465 e. The summed E-state index contributed by atoms with van der Waals surface area (Å²) in [6, 6.07) is 7.04. The standard InChI is InChI=1S/C19H19NO4/c1-4-5-10-20-11(2)14(19(23)24-3)15-16(20)12-8-6-7-9-13(12)17(21)18(15)22/h6-9H,4-5,10H2,1-3H3. The second-order valence-electron chi connectivity index (χ2n) is 5.88. The molecule has 0 saturated carbocycles. The van der Waals surface area contributed by atoms with Gasteiger partial charge in [-0.05, 0) is 13.3 Å². The van der Waals surface area contributed by atoms with Crippen LogP contribution in [0.3, 0.4) is 0 Å². The van der Waals surface area contributed by atoms with Crippen LogP contribution in [0, 0.1) is 6.92 Å². The number of ether oxygens (including phenoxy) is 1. The molecule has 1 aliphatic rings. The van der Waals surface area contributed by atoms with Crippen LogP contribution < -0.4 is 0 Å². The van der Waals surface area contributed by atoms with Crippen LogP contribution in [0.15, 0.2) is 24.3 Å². The minimum Gasteiger partial charge on any atom is -0.465 e. The van der Waals surface area contributed by atoms with Crippen LogP contribution in [0.5, 0.6) is 0 Å². The van der Waals surface area contributed by atoms with Gasteiger partial charge in [-0.25, -0.2) is 4.79 Å². The molecule has 0 saturated heterocycles. The van der Waals surface area contributed by atoms with Gasteiger partial charge in [0.25, 0.3) is 0 Å². The van der Waals surface area contributed by atoms with Crippen molar-refractivity contribution in [3.8, 4) is 11.3 Å². The van der Waals surface area contributed by atoms with Gasteiger partial charge in [0.05, 0.1) is 23.9 Å². The molecule has 24 heavy (non-hydrogen) atoms. The fourth-order valence-electron chi connectivity index (χ4n) is 3.31. The number of Topliss-reactive ketones (excluding diaryl/α,β-unsaturated/α-hetero) is 2. The van der Waals surface area contributed by atoms with Crippen LogP contribution >= 0.6 is 0 Å². The molecule has 2 aromatic rings.